The number of nitrogens with zero attached hydrogens (tertiary/aromatic N) is 4. The molecule has 0 saturated carbocycles. The molecule has 3 aliphatic heterocycles. The largest absolute Gasteiger partial charge is 0.355 e. The Morgan fingerprint density at radius 2 is 2.04 bits per heavy atom. The van der Waals surface area contributed by atoms with Crippen LogP contribution in [-0.2, 0) is 28.7 Å². The Bertz CT molecular complexity index is 1120. The summed E-state index contributed by atoms with van der Waals surface area (Å²) in [7, 11) is -3.59. The summed E-state index contributed by atoms with van der Waals surface area (Å²) in [5, 5.41) is 4.56. The van der Waals surface area contributed by atoms with Gasteiger partial charge in [-0.25, -0.2) is 4.68 Å². The van der Waals surface area contributed by atoms with E-state index in [1.54, 1.807) is 28.9 Å². The zero-order chi connectivity index (χ0) is 18.6. The van der Waals surface area contributed by atoms with E-state index in [1.807, 2.05) is 22.7 Å². The van der Waals surface area contributed by atoms with Crippen molar-refractivity contribution in [2.24, 2.45) is 10.3 Å². The number of sulfonamides is 1. The lowest BCUT2D eigenvalue weighted by Gasteiger charge is -2.40. The number of fused-ring (bicyclic) bond motifs is 2. The molecule has 0 radical (unpaired) electrons. The van der Waals surface area contributed by atoms with Gasteiger partial charge in [-0.3, -0.25) is 4.79 Å². The summed E-state index contributed by atoms with van der Waals surface area (Å²) in [5.41, 5.74) is 2.70. The van der Waals surface area contributed by atoms with Crippen molar-refractivity contribution in [3.8, 4) is 0 Å². The van der Waals surface area contributed by atoms with Crippen LogP contribution >= 0.6 is 11.8 Å². The van der Waals surface area contributed by atoms with E-state index in [2.05, 4.69) is 9.50 Å². The molecule has 0 unspecified atom stereocenters. The molecular formula is C18H18N4O3S2. The van der Waals surface area contributed by atoms with Crippen molar-refractivity contribution in [3.63, 3.8) is 0 Å². The summed E-state index contributed by atoms with van der Waals surface area (Å²) in [6, 6.07) is 8.63. The van der Waals surface area contributed by atoms with Crippen LogP contribution in [0.25, 0.3) is 0 Å². The SMILES string of the molecule is O=c1cc2c(nn1CC1CN(C3=NS(=O)(=O)c4ccccc43)C1)CCSC2. The molecule has 0 N–H and O–H groups in total. The van der Waals surface area contributed by atoms with E-state index in [9.17, 15) is 13.2 Å². The second kappa shape index (κ2) is 6.20. The van der Waals surface area contributed by atoms with Crippen LogP contribution in [0.3, 0.4) is 0 Å². The second-order valence-electron chi connectivity index (χ2n) is 7.10. The van der Waals surface area contributed by atoms with Gasteiger partial charge in [-0.15, -0.1) is 4.40 Å². The topological polar surface area (TPSA) is 84.6 Å². The Labute approximate surface area is 161 Å². The lowest BCUT2D eigenvalue weighted by molar-refractivity contribution is 0.161. The van der Waals surface area contributed by atoms with Gasteiger partial charge in [0.2, 0.25) is 0 Å². The Morgan fingerprint density at radius 3 is 2.89 bits per heavy atom. The predicted octanol–water partition coefficient (Wildman–Crippen LogP) is 1.11. The molecular weight excluding hydrogens is 384 g/mol. The number of hydrogen-bond acceptors (Lipinski definition) is 6. The van der Waals surface area contributed by atoms with Gasteiger partial charge in [-0.05, 0) is 23.4 Å². The molecule has 27 heavy (non-hydrogen) atoms. The van der Waals surface area contributed by atoms with Crippen molar-refractivity contribution in [2.45, 2.75) is 23.6 Å². The van der Waals surface area contributed by atoms with Crippen LogP contribution in [-0.4, -0.2) is 47.8 Å². The van der Waals surface area contributed by atoms with E-state index in [0.717, 1.165) is 29.2 Å². The summed E-state index contributed by atoms with van der Waals surface area (Å²) in [4.78, 5) is 14.6. The van der Waals surface area contributed by atoms with Gasteiger partial charge in [0.25, 0.3) is 15.6 Å². The summed E-state index contributed by atoms with van der Waals surface area (Å²) in [6.07, 6.45) is 0.905. The highest BCUT2D eigenvalue weighted by molar-refractivity contribution is 7.98. The summed E-state index contributed by atoms with van der Waals surface area (Å²) >= 11 is 1.83. The Hall–Kier alpha value is -2.13. The van der Waals surface area contributed by atoms with Crippen LogP contribution in [0.5, 0.6) is 0 Å². The molecule has 0 atom stereocenters. The minimum atomic E-state index is -3.59. The molecule has 1 saturated heterocycles. The molecule has 1 aromatic carbocycles. The van der Waals surface area contributed by atoms with Gasteiger partial charge < -0.3 is 4.90 Å². The number of aryl methyl sites for hydroxylation is 1. The molecule has 0 aliphatic carbocycles. The van der Waals surface area contributed by atoms with Crippen LogP contribution in [0.4, 0.5) is 0 Å². The lowest BCUT2D eigenvalue weighted by Crippen LogP contribution is -2.52. The quantitative estimate of drug-likeness (QED) is 0.748. The summed E-state index contributed by atoms with van der Waals surface area (Å²) in [6.45, 7) is 1.89. The molecule has 7 nitrogen and oxygen atoms in total. The Kier molecular flexibility index (Phi) is 3.90. The first-order chi connectivity index (χ1) is 13.0. The first-order valence-electron chi connectivity index (χ1n) is 8.88. The normalized spacial score (nSPS) is 20.6. The number of benzene rings is 1. The van der Waals surface area contributed by atoms with Crippen molar-refractivity contribution < 1.29 is 8.42 Å². The van der Waals surface area contributed by atoms with Gasteiger partial charge in [0.15, 0.2) is 5.84 Å². The molecule has 1 aromatic heterocycles. The highest BCUT2D eigenvalue weighted by Gasteiger charge is 2.37. The van der Waals surface area contributed by atoms with Crippen molar-refractivity contribution in [2.75, 3.05) is 18.8 Å². The lowest BCUT2D eigenvalue weighted by atomic mass is 9.98. The predicted molar refractivity (Wildman–Crippen MR) is 104 cm³/mol. The van der Waals surface area contributed by atoms with Crippen LogP contribution in [0.2, 0.25) is 0 Å². The second-order valence-corrected chi connectivity index (χ2v) is 9.77. The van der Waals surface area contributed by atoms with Gasteiger partial charge in [0.05, 0.1) is 12.2 Å². The fourth-order valence-corrected chi connectivity index (χ4v) is 5.98. The number of aromatic nitrogens is 2. The third kappa shape index (κ3) is 2.89. The minimum absolute atomic E-state index is 0.0548. The fourth-order valence-electron chi connectivity index (χ4n) is 3.80. The zero-order valence-electron chi connectivity index (χ0n) is 14.5. The van der Waals surface area contributed by atoms with E-state index >= 15 is 0 Å². The molecule has 0 amide bonds. The minimum Gasteiger partial charge on any atom is -0.355 e. The van der Waals surface area contributed by atoms with Crippen molar-refractivity contribution >= 4 is 27.6 Å². The van der Waals surface area contributed by atoms with E-state index in [0.29, 0.717) is 31.0 Å². The number of hydrogen-bond donors (Lipinski definition) is 0. The Balaban J connectivity index is 1.32. The summed E-state index contributed by atoms with van der Waals surface area (Å²) in [5.74, 6) is 2.68. The maximum atomic E-state index is 12.3. The third-order valence-electron chi connectivity index (χ3n) is 5.21. The van der Waals surface area contributed by atoms with Gasteiger partial charge in [-0.2, -0.15) is 25.3 Å². The van der Waals surface area contributed by atoms with E-state index in [-0.39, 0.29) is 16.4 Å². The van der Waals surface area contributed by atoms with Crippen molar-refractivity contribution in [1.29, 1.82) is 0 Å². The van der Waals surface area contributed by atoms with E-state index in [4.69, 9.17) is 0 Å². The average Bonchev–Trinajstić information content (AvgIpc) is 2.89. The molecule has 9 heteroatoms. The van der Waals surface area contributed by atoms with Crippen LogP contribution < -0.4 is 5.56 Å². The highest BCUT2D eigenvalue weighted by atomic mass is 32.2. The number of amidine groups is 1. The summed E-state index contributed by atoms with van der Waals surface area (Å²) < 4.78 is 29.9. The standard InChI is InChI=1S/C18H18N4O3S2/c23-17-7-13-11-26-6-5-15(13)19-22(17)10-12-8-21(9-12)18-14-3-1-2-4-16(14)27(24,25)20-18/h1-4,7,12H,5-6,8-11H2. The zero-order valence-corrected chi connectivity index (χ0v) is 16.2. The third-order valence-corrected chi connectivity index (χ3v) is 7.54. The van der Waals surface area contributed by atoms with Gasteiger partial charge in [0.1, 0.15) is 4.90 Å². The van der Waals surface area contributed by atoms with Gasteiger partial charge in [0, 0.05) is 42.8 Å². The molecule has 1 fully saturated rings. The Morgan fingerprint density at radius 1 is 1.22 bits per heavy atom. The smallest absolute Gasteiger partial charge is 0.285 e. The van der Waals surface area contributed by atoms with Crippen LogP contribution in [0.1, 0.15) is 16.8 Å². The van der Waals surface area contributed by atoms with E-state index in [1.165, 1.54) is 0 Å². The first kappa shape index (κ1) is 17.0. The molecule has 4 heterocycles. The number of thioether (sulfide) groups is 1. The fraction of sp³-hybridized carbons (Fsp3) is 0.389. The molecule has 2 aromatic rings. The van der Waals surface area contributed by atoms with Gasteiger partial charge in [-0.1, -0.05) is 12.1 Å². The monoisotopic (exact) mass is 402 g/mol. The molecule has 5 rings (SSSR count). The number of likely N-dealkylation sites (tertiary alicyclic amines) is 1. The number of rotatable bonds is 2. The van der Waals surface area contributed by atoms with Crippen molar-refractivity contribution in [1.82, 2.24) is 14.7 Å². The molecule has 0 spiro atoms. The molecule has 3 aliphatic rings. The maximum Gasteiger partial charge on any atom is 0.285 e. The van der Waals surface area contributed by atoms with Crippen LogP contribution in [0, 0.1) is 5.92 Å². The molecule has 140 valence electrons. The first-order valence-corrected chi connectivity index (χ1v) is 11.5. The van der Waals surface area contributed by atoms with Crippen molar-refractivity contribution in [3.05, 3.63) is 57.5 Å². The van der Waals surface area contributed by atoms with Crippen LogP contribution in [0.15, 0.2) is 44.4 Å². The maximum absolute atomic E-state index is 12.3. The van der Waals surface area contributed by atoms with E-state index < -0.39 is 10.0 Å². The van der Waals surface area contributed by atoms with Gasteiger partial charge >= 0.3 is 0 Å². The molecule has 0 bridgehead atoms. The highest BCUT2D eigenvalue weighted by Crippen LogP contribution is 2.31. The average molecular weight is 403 g/mol.